The van der Waals surface area contributed by atoms with Gasteiger partial charge in [0, 0.05) is 18.5 Å². The Balaban J connectivity index is 2.65. The number of alkyl halides is 2. The van der Waals surface area contributed by atoms with Crippen LogP contribution in [0.4, 0.5) is 8.78 Å². The maximum Gasteiger partial charge on any atom is 0.346 e. The average molecular weight is 293 g/mol. The van der Waals surface area contributed by atoms with Crippen LogP contribution in [0.1, 0.15) is 52.4 Å². The molecule has 1 unspecified atom stereocenters. The summed E-state index contributed by atoms with van der Waals surface area (Å²) in [7, 11) is 0. The Hall–Kier alpha value is -0.750. The first-order valence-electron chi connectivity index (χ1n) is 7.41. The lowest BCUT2D eigenvalue weighted by Crippen LogP contribution is -2.42. The van der Waals surface area contributed by atoms with Crippen LogP contribution in [0.25, 0.3) is 0 Å². The Labute approximate surface area is 119 Å². The quantitative estimate of drug-likeness (QED) is 0.709. The normalized spacial score (nSPS) is 23.1. The SMILES string of the molecule is CCCC(CC)N1CCC[C@H]1C[C@H](OC(F)F)C(=O)O. The molecule has 1 saturated heterocycles. The lowest BCUT2D eigenvalue weighted by Gasteiger charge is -2.33. The summed E-state index contributed by atoms with van der Waals surface area (Å²) in [6.07, 6.45) is 3.69. The first-order chi connectivity index (χ1) is 9.49. The highest BCUT2D eigenvalue weighted by Crippen LogP contribution is 2.28. The lowest BCUT2D eigenvalue weighted by atomic mass is 10.0. The van der Waals surface area contributed by atoms with Gasteiger partial charge in [-0.3, -0.25) is 4.90 Å². The van der Waals surface area contributed by atoms with Gasteiger partial charge in [-0.05, 0) is 32.2 Å². The van der Waals surface area contributed by atoms with Crippen LogP contribution in [0, 0.1) is 0 Å². The number of rotatable bonds is 9. The summed E-state index contributed by atoms with van der Waals surface area (Å²) in [4.78, 5) is 13.3. The zero-order valence-electron chi connectivity index (χ0n) is 12.2. The molecular weight excluding hydrogens is 268 g/mol. The molecule has 0 aromatic heterocycles. The molecule has 1 N–H and O–H groups in total. The van der Waals surface area contributed by atoms with Gasteiger partial charge in [0.25, 0.3) is 0 Å². The Morgan fingerprint density at radius 1 is 1.45 bits per heavy atom. The van der Waals surface area contributed by atoms with Crippen molar-refractivity contribution >= 4 is 5.97 Å². The summed E-state index contributed by atoms with van der Waals surface area (Å²) in [5, 5.41) is 8.99. The average Bonchev–Trinajstić information content (AvgIpc) is 2.82. The smallest absolute Gasteiger partial charge is 0.346 e. The summed E-state index contributed by atoms with van der Waals surface area (Å²) in [5.74, 6) is -1.30. The van der Waals surface area contributed by atoms with Gasteiger partial charge in [0.15, 0.2) is 6.10 Å². The van der Waals surface area contributed by atoms with Crippen molar-refractivity contribution in [3.63, 3.8) is 0 Å². The second-order valence-electron chi connectivity index (χ2n) is 5.34. The molecule has 1 heterocycles. The fourth-order valence-corrected chi connectivity index (χ4v) is 3.12. The topological polar surface area (TPSA) is 49.8 Å². The summed E-state index contributed by atoms with van der Waals surface area (Å²) >= 11 is 0. The minimum atomic E-state index is -3.04. The number of ether oxygens (including phenoxy) is 1. The van der Waals surface area contributed by atoms with E-state index in [0.29, 0.717) is 6.04 Å². The fraction of sp³-hybridized carbons (Fsp3) is 0.929. The van der Waals surface area contributed by atoms with Crippen LogP contribution >= 0.6 is 0 Å². The van der Waals surface area contributed by atoms with Gasteiger partial charge in [-0.25, -0.2) is 4.79 Å². The predicted octanol–water partition coefficient (Wildman–Crippen LogP) is 3.11. The fourth-order valence-electron chi connectivity index (χ4n) is 3.12. The number of halogens is 2. The molecule has 1 fully saturated rings. The molecular formula is C14H25F2NO3. The van der Waals surface area contributed by atoms with Crippen LogP contribution < -0.4 is 0 Å². The van der Waals surface area contributed by atoms with Crippen molar-refractivity contribution in [1.29, 1.82) is 0 Å². The van der Waals surface area contributed by atoms with E-state index in [4.69, 9.17) is 5.11 Å². The van der Waals surface area contributed by atoms with Crippen molar-refractivity contribution in [1.82, 2.24) is 4.90 Å². The zero-order chi connectivity index (χ0) is 15.1. The second kappa shape index (κ2) is 8.52. The Morgan fingerprint density at radius 3 is 2.65 bits per heavy atom. The zero-order valence-corrected chi connectivity index (χ0v) is 12.2. The van der Waals surface area contributed by atoms with Crippen LogP contribution in [0.2, 0.25) is 0 Å². The van der Waals surface area contributed by atoms with Crippen LogP contribution in [-0.2, 0) is 9.53 Å². The maximum atomic E-state index is 12.3. The molecule has 0 aliphatic carbocycles. The molecule has 0 radical (unpaired) electrons. The summed E-state index contributed by atoms with van der Waals surface area (Å²) < 4.78 is 28.8. The Morgan fingerprint density at radius 2 is 2.15 bits per heavy atom. The van der Waals surface area contributed by atoms with Crippen LogP contribution in [-0.4, -0.2) is 47.3 Å². The molecule has 6 heteroatoms. The van der Waals surface area contributed by atoms with Crippen LogP contribution in [0.5, 0.6) is 0 Å². The highest BCUT2D eigenvalue weighted by Gasteiger charge is 2.34. The highest BCUT2D eigenvalue weighted by molar-refractivity contribution is 5.72. The number of hydrogen-bond donors (Lipinski definition) is 1. The standard InChI is InChI=1S/C14H25F2NO3/c1-3-6-10(4-2)17-8-5-7-11(17)9-12(13(18)19)20-14(15)16/h10-12,14H,3-9H2,1-2H3,(H,18,19)/t10?,11-,12-/m0/s1. The Kier molecular flexibility index (Phi) is 7.37. The summed E-state index contributed by atoms with van der Waals surface area (Å²) in [6.45, 7) is 2.11. The first-order valence-corrected chi connectivity index (χ1v) is 7.41. The van der Waals surface area contributed by atoms with Gasteiger partial charge in [0.1, 0.15) is 0 Å². The van der Waals surface area contributed by atoms with E-state index in [1.165, 1.54) is 0 Å². The lowest BCUT2D eigenvalue weighted by molar-refractivity contribution is -0.190. The molecule has 118 valence electrons. The van der Waals surface area contributed by atoms with Crippen molar-refractivity contribution in [3.05, 3.63) is 0 Å². The van der Waals surface area contributed by atoms with E-state index in [1.54, 1.807) is 0 Å². The number of nitrogens with zero attached hydrogens (tertiary/aromatic N) is 1. The predicted molar refractivity (Wildman–Crippen MR) is 71.8 cm³/mol. The highest BCUT2D eigenvalue weighted by atomic mass is 19.3. The van der Waals surface area contributed by atoms with Crippen LogP contribution in [0.15, 0.2) is 0 Å². The van der Waals surface area contributed by atoms with Crippen molar-refractivity contribution < 1.29 is 23.4 Å². The maximum absolute atomic E-state index is 12.3. The van der Waals surface area contributed by atoms with Crippen molar-refractivity contribution in [2.75, 3.05) is 6.54 Å². The molecule has 0 aromatic carbocycles. The van der Waals surface area contributed by atoms with Crippen molar-refractivity contribution in [3.8, 4) is 0 Å². The molecule has 4 nitrogen and oxygen atoms in total. The monoisotopic (exact) mass is 293 g/mol. The van der Waals surface area contributed by atoms with E-state index < -0.39 is 18.7 Å². The molecule has 0 aromatic rings. The van der Waals surface area contributed by atoms with Gasteiger partial charge in [-0.2, -0.15) is 8.78 Å². The van der Waals surface area contributed by atoms with Crippen molar-refractivity contribution in [2.45, 2.75) is 77.2 Å². The van der Waals surface area contributed by atoms with E-state index in [-0.39, 0.29) is 12.5 Å². The van der Waals surface area contributed by atoms with Gasteiger partial charge in [0.2, 0.25) is 0 Å². The molecule has 20 heavy (non-hydrogen) atoms. The largest absolute Gasteiger partial charge is 0.479 e. The summed E-state index contributed by atoms with van der Waals surface area (Å²) in [5.41, 5.74) is 0. The van der Waals surface area contributed by atoms with E-state index in [2.05, 4.69) is 23.5 Å². The number of carbonyl (C=O) groups is 1. The molecule has 0 spiro atoms. The Bertz CT molecular complexity index is 302. The third kappa shape index (κ3) is 4.98. The number of likely N-dealkylation sites (tertiary alicyclic amines) is 1. The number of carboxylic acids is 1. The second-order valence-corrected chi connectivity index (χ2v) is 5.34. The molecule has 0 bridgehead atoms. The summed E-state index contributed by atoms with van der Waals surface area (Å²) in [6, 6.07) is 0.444. The molecule has 3 atom stereocenters. The molecule has 0 amide bonds. The van der Waals surface area contributed by atoms with E-state index in [9.17, 15) is 13.6 Å². The first kappa shape index (κ1) is 17.3. The van der Waals surface area contributed by atoms with Crippen LogP contribution in [0.3, 0.4) is 0 Å². The minimum Gasteiger partial charge on any atom is -0.479 e. The van der Waals surface area contributed by atoms with Gasteiger partial charge >= 0.3 is 12.6 Å². The third-order valence-corrected chi connectivity index (χ3v) is 4.01. The van der Waals surface area contributed by atoms with E-state index in [0.717, 1.165) is 38.6 Å². The number of carboxylic acid groups (broad SMARTS) is 1. The van der Waals surface area contributed by atoms with Gasteiger partial charge in [0.05, 0.1) is 0 Å². The van der Waals surface area contributed by atoms with Gasteiger partial charge in [-0.1, -0.05) is 20.3 Å². The van der Waals surface area contributed by atoms with E-state index >= 15 is 0 Å². The molecule has 1 aliphatic rings. The molecule has 1 rings (SSSR count). The minimum absolute atomic E-state index is 0.0337. The number of hydrogen-bond acceptors (Lipinski definition) is 3. The van der Waals surface area contributed by atoms with Gasteiger partial charge in [-0.15, -0.1) is 0 Å². The molecule has 1 aliphatic heterocycles. The molecule has 0 saturated carbocycles. The number of aliphatic carboxylic acids is 1. The van der Waals surface area contributed by atoms with E-state index in [1.807, 2.05) is 0 Å². The van der Waals surface area contributed by atoms with Gasteiger partial charge < -0.3 is 9.84 Å². The third-order valence-electron chi connectivity index (χ3n) is 4.01. The van der Waals surface area contributed by atoms with Crippen molar-refractivity contribution in [2.24, 2.45) is 0 Å².